The molecule has 2 rings (SSSR count). The first kappa shape index (κ1) is 13.8. The first-order chi connectivity index (χ1) is 8.00. The van der Waals surface area contributed by atoms with Crippen molar-refractivity contribution in [3.8, 4) is 0 Å². The van der Waals surface area contributed by atoms with Gasteiger partial charge in [-0.25, -0.2) is 4.39 Å². The van der Waals surface area contributed by atoms with Gasteiger partial charge in [-0.2, -0.15) is 0 Å². The van der Waals surface area contributed by atoms with Crippen molar-refractivity contribution in [1.29, 1.82) is 0 Å². The van der Waals surface area contributed by atoms with Crippen LogP contribution in [0.15, 0.2) is 28.7 Å². The van der Waals surface area contributed by atoms with Crippen molar-refractivity contribution >= 4 is 66.4 Å². The topological polar surface area (TPSA) is 0 Å². The third-order valence-corrected chi connectivity index (χ3v) is 6.40. The van der Waals surface area contributed by atoms with E-state index in [2.05, 4.69) is 31.9 Å². The van der Waals surface area contributed by atoms with E-state index in [1.807, 2.05) is 6.07 Å². The maximum atomic E-state index is 13.4. The lowest BCUT2D eigenvalue weighted by atomic mass is 10.1. The molecule has 0 nitrogen and oxygen atoms in total. The molecule has 0 N–H and O–H groups in total. The van der Waals surface area contributed by atoms with Gasteiger partial charge in [0.15, 0.2) is 0 Å². The van der Waals surface area contributed by atoms with E-state index in [0.717, 1.165) is 9.35 Å². The molecule has 0 aliphatic carbocycles. The van der Waals surface area contributed by atoms with Gasteiger partial charge in [0, 0.05) is 9.35 Å². The molecule has 0 bridgehead atoms. The zero-order chi connectivity index (χ0) is 12.6. The lowest BCUT2D eigenvalue weighted by Crippen LogP contribution is -1.92. The molecule has 0 aliphatic rings. The van der Waals surface area contributed by atoms with Gasteiger partial charge in [-0.05, 0) is 33.6 Å². The Morgan fingerprint density at radius 3 is 2.59 bits per heavy atom. The minimum Gasteiger partial charge on any atom is -0.205 e. The van der Waals surface area contributed by atoms with Crippen LogP contribution in [0.1, 0.15) is 15.3 Å². The highest BCUT2D eigenvalue weighted by Gasteiger charge is 2.19. The van der Waals surface area contributed by atoms with Crippen LogP contribution in [-0.2, 0) is 0 Å². The molecule has 2 aromatic rings. The minimum absolute atomic E-state index is 0.134. The van der Waals surface area contributed by atoms with Gasteiger partial charge in [-0.3, -0.25) is 0 Å². The van der Waals surface area contributed by atoms with Gasteiger partial charge >= 0.3 is 0 Å². The van der Waals surface area contributed by atoms with E-state index in [1.54, 1.807) is 12.1 Å². The summed E-state index contributed by atoms with van der Waals surface area (Å²) < 4.78 is 14.8. The summed E-state index contributed by atoms with van der Waals surface area (Å²) in [5, 5.41) is 0.134. The number of rotatable bonds is 2. The van der Waals surface area contributed by atoms with Gasteiger partial charge in [0.1, 0.15) is 10.2 Å². The molecule has 1 aromatic heterocycles. The van der Waals surface area contributed by atoms with E-state index in [-0.39, 0.29) is 9.85 Å². The standard InChI is InChI=1S/C11H5Br2Cl2FS/c12-6-4-8(17-11(6)15)9(13)5-2-1-3-7(16)10(5)14/h1-4,9H. The van der Waals surface area contributed by atoms with Crippen molar-refractivity contribution in [2.75, 3.05) is 0 Å². The van der Waals surface area contributed by atoms with Gasteiger partial charge in [-0.1, -0.05) is 51.3 Å². The Labute approximate surface area is 129 Å². The van der Waals surface area contributed by atoms with Crippen molar-refractivity contribution in [3.05, 3.63) is 54.4 Å². The van der Waals surface area contributed by atoms with Crippen LogP contribution in [0.2, 0.25) is 9.36 Å². The van der Waals surface area contributed by atoms with Gasteiger partial charge in [0.2, 0.25) is 0 Å². The fraction of sp³-hybridized carbons (Fsp3) is 0.0909. The highest BCUT2D eigenvalue weighted by molar-refractivity contribution is 9.10. The fourth-order valence-electron chi connectivity index (χ4n) is 1.36. The van der Waals surface area contributed by atoms with Gasteiger partial charge in [0.05, 0.1) is 9.85 Å². The summed E-state index contributed by atoms with van der Waals surface area (Å²) in [6.45, 7) is 0. The smallest absolute Gasteiger partial charge is 0.142 e. The van der Waals surface area contributed by atoms with Crippen LogP contribution >= 0.6 is 66.4 Å². The highest BCUT2D eigenvalue weighted by atomic mass is 79.9. The number of alkyl halides is 1. The van der Waals surface area contributed by atoms with Crippen molar-refractivity contribution in [1.82, 2.24) is 0 Å². The highest BCUT2D eigenvalue weighted by Crippen LogP contribution is 2.43. The quantitative estimate of drug-likeness (QED) is 0.492. The Hall–Kier alpha value is 0.390. The summed E-state index contributed by atoms with van der Waals surface area (Å²) in [7, 11) is 0. The molecule has 0 aliphatic heterocycles. The molecular formula is C11H5Br2Cl2FS. The average Bonchev–Trinajstić information content (AvgIpc) is 2.62. The average molecular weight is 419 g/mol. The maximum Gasteiger partial charge on any atom is 0.142 e. The summed E-state index contributed by atoms with van der Waals surface area (Å²) in [6, 6.07) is 6.65. The number of benzene rings is 1. The van der Waals surface area contributed by atoms with Gasteiger partial charge in [0.25, 0.3) is 0 Å². The van der Waals surface area contributed by atoms with E-state index in [9.17, 15) is 4.39 Å². The van der Waals surface area contributed by atoms with Gasteiger partial charge < -0.3 is 0 Å². The van der Waals surface area contributed by atoms with Crippen LogP contribution in [0.4, 0.5) is 4.39 Å². The molecule has 90 valence electrons. The molecule has 1 heterocycles. The summed E-state index contributed by atoms with van der Waals surface area (Å²) >= 11 is 20.2. The lowest BCUT2D eigenvalue weighted by molar-refractivity contribution is 0.626. The van der Waals surface area contributed by atoms with E-state index in [4.69, 9.17) is 23.2 Å². The normalized spacial score (nSPS) is 12.8. The molecule has 1 atom stereocenters. The molecule has 0 fully saturated rings. The zero-order valence-corrected chi connectivity index (χ0v) is 13.7. The number of hydrogen-bond donors (Lipinski definition) is 0. The fourth-order valence-corrected chi connectivity index (χ4v) is 4.25. The molecule has 0 spiro atoms. The Bertz CT molecular complexity index is 537. The Balaban J connectivity index is 2.43. The molecule has 1 aromatic carbocycles. The second kappa shape index (κ2) is 5.57. The first-order valence-corrected chi connectivity index (χ1v) is 7.81. The van der Waals surface area contributed by atoms with Crippen molar-refractivity contribution in [2.45, 2.75) is 4.83 Å². The second-order valence-corrected chi connectivity index (χ2v) is 7.11. The van der Waals surface area contributed by atoms with Crippen LogP contribution in [0, 0.1) is 5.82 Å². The number of halogens is 5. The first-order valence-electron chi connectivity index (χ1n) is 4.53. The second-order valence-electron chi connectivity index (χ2n) is 3.28. The third kappa shape index (κ3) is 2.87. The summed E-state index contributed by atoms with van der Waals surface area (Å²) in [6.07, 6.45) is 0. The summed E-state index contributed by atoms with van der Waals surface area (Å²) in [5.41, 5.74) is 0.692. The molecule has 1 unspecified atom stereocenters. The van der Waals surface area contributed by atoms with E-state index < -0.39 is 5.82 Å². The number of thiophene rings is 1. The van der Waals surface area contributed by atoms with E-state index in [0.29, 0.717) is 9.90 Å². The molecule has 0 radical (unpaired) electrons. The van der Waals surface area contributed by atoms with Crippen LogP contribution in [0.5, 0.6) is 0 Å². The van der Waals surface area contributed by atoms with Crippen LogP contribution < -0.4 is 0 Å². The molecular weight excluding hydrogens is 414 g/mol. The number of hydrogen-bond acceptors (Lipinski definition) is 1. The van der Waals surface area contributed by atoms with Gasteiger partial charge in [-0.15, -0.1) is 11.3 Å². The third-order valence-electron chi connectivity index (χ3n) is 2.17. The monoisotopic (exact) mass is 416 g/mol. The maximum absolute atomic E-state index is 13.4. The minimum atomic E-state index is -0.421. The molecule has 0 saturated heterocycles. The van der Waals surface area contributed by atoms with Crippen LogP contribution in [0.25, 0.3) is 0 Å². The Morgan fingerprint density at radius 1 is 1.29 bits per heavy atom. The van der Waals surface area contributed by atoms with Crippen LogP contribution in [0.3, 0.4) is 0 Å². The van der Waals surface area contributed by atoms with Crippen molar-refractivity contribution < 1.29 is 4.39 Å². The molecule has 0 saturated carbocycles. The predicted octanol–water partition coefficient (Wildman–Crippen LogP) is 6.44. The molecule has 17 heavy (non-hydrogen) atoms. The van der Waals surface area contributed by atoms with Crippen LogP contribution in [-0.4, -0.2) is 0 Å². The van der Waals surface area contributed by atoms with Crippen molar-refractivity contribution in [2.24, 2.45) is 0 Å². The zero-order valence-electron chi connectivity index (χ0n) is 8.18. The Morgan fingerprint density at radius 2 is 2.00 bits per heavy atom. The summed E-state index contributed by atoms with van der Waals surface area (Å²) in [5.74, 6) is -0.421. The van der Waals surface area contributed by atoms with Crippen molar-refractivity contribution in [3.63, 3.8) is 0 Å². The SMILES string of the molecule is Fc1cccc(C(Br)c2cc(Br)c(Cl)s2)c1Cl. The molecule has 6 heteroatoms. The largest absolute Gasteiger partial charge is 0.205 e. The lowest BCUT2D eigenvalue weighted by Gasteiger charge is -2.10. The summed E-state index contributed by atoms with van der Waals surface area (Å²) in [4.78, 5) is 0.800. The van der Waals surface area contributed by atoms with E-state index in [1.165, 1.54) is 17.4 Å². The Kier molecular flexibility index (Phi) is 4.53. The predicted molar refractivity (Wildman–Crippen MR) is 79.2 cm³/mol. The molecule has 0 amide bonds. The van der Waals surface area contributed by atoms with E-state index >= 15 is 0 Å².